The molecule has 21 heavy (non-hydrogen) atoms. The van der Waals surface area contributed by atoms with Crippen molar-refractivity contribution in [3.8, 4) is 0 Å². The van der Waals surface area contributed by atoms with E-state index in [9.17, 15) is 4.79 Å². The fraction of sp³-hybridized carbons (Fsp3) is 0.688. The van der Waals surface area contributed by atoms with Crippen LogP contribution in [0.3, 0.4) is 0 Å². The molecule has 1 N–H and O–H groups in total. The number of rotatable bonds is 8. The third-order valence-electron chi connectivity index (χ3n) is 3.81. The van der Waals surface area contributed by atoms with Gasteiger partial charge in [0.25, 0.3) is 0 Å². The Morgan fingerprint density at radius 1 is 1.33 bits per heavy atom. The van der Waals surface area contributed by atoms with Crippen LogP contribution in [-0.4, -0.2) is 36.6 Å². The van der Waals surface area contributed by atoms with Gasteiger partial charge in [-0.05, 0) is 31.9 Å². The number of ether oxygens (including phenoxy) is 1. The summed E-state index contributed by atoms with van der Waals surface area (Å²) >= 11 is 1.75. The lowest BCUT2D eigenvalue weighted by molar-refractivity contribution is -0.130. The second-order valence-corrected chi connectivity index (χ2v) is 6.80. The van der Waals surface area contributed by atoms with E-state index in [1.807, 2.05) is 11.8 Å². The second-order valence-electron chi connectivity index (χ2n) is 5.48. The van der Waals surface area contributed by atoms with Crippen molar-refractivity contribution in [2.75, 3.05) is 19.8 Å². The van der Waals surface area contributed by atoms with E-state index in [-0.39, 0.29) is 18.1 Å². The molecule has 1 aromatic heterocycles. The van der Waals surface area contributed by atoms with E-state index >= 15 is 0 Å². The zero-order chi connectivity index (χ0) is 15.2. The van der Waals surface area contributed by atoms with E-state index in [1.54, 1.807) is 11.3 Å². The predicted molar refractivity (Wildman–Crippen MR) is 86.5 cm³/mol. The minimum Gasteiger partial charge on any atom is -0.380 e. The van der Waals surface area contributed by atoms with Crippen molar-refractivity contribution in [2.45, 2.75) is 52.2 Å². The molecule has 0 radical (unpaired) electrons. The molecule has 1 fully saturated rings. The summed E-state index contributed by atoms with van der Waals surface area (Å²) in [5, 5.41) is 3.45. The number of aryl methyl sites for hydroxylation is 1. The highest BCUT2D eigenvalue weighted by molar-refractivity contribution is 7.12. The van der Waals surface area contributed by atoms with Crippen molar-refractivity contribution in [3.05, 3.63) is 21.9 Å². The molecule has 2 unspecified atom stereocenters. The first-order chi connectivity index (χ1) is 10.2. The molecule has 2 rings (SSSR count). The van der Waals surface area contributed by atoms with Gasteiger partial charge in [-0.25, -0.2) is 0 Å². The largest absolute Gasteiger partial charge is 0.380 e. The Kier molecular flexibility index (Phi) is 6.21. The van der Waals surface area contributed by atoms with Gasteiger partial charge in [0.2, 0.25) is 5.91 Å². The number of thiophene rings is 1. The molecule has 1 aromatic rings. The lowest BCUT2D eigenvalue weighted by atomic mass is 10.2. The van der Waals surface area contributed by atoms with Crippen LogP contribution in [0.2, 0.25) is 0 Å². The summed E-state index contributed by atoms with van der Waals surface area (Å²) in [5.74, 6) is 0.202. The highest BCUT2D eigenvalue weighted by Crippen LogP contribution is 2.30. The number of amides is 1. The van der Waals surface area contributed by atoms with Crippen molar-refractivity contribution >= 4 is 17.2 Å². The molecule has 1 aliphatic rings. The quantitative estimate of drug-likeness (QED) is 0.750. The van der Waals surface area contributed by atoms with Crippen LogP contribution in [0, 0.1) is 6.92 Å². The molecular formula is C16H26N2O2S. The molecule has 2 atom stereocenters. The Bertz CT molecular complexity index is 461. The van der Waals surface area contributed by atoms with Gasteiger partial charge in [0, 0.05) is 22.9 Å². The molecule has 0 spiro atoms. The van der Waals surface area contributed by atoms with Gasteiger partial charge in [-0.2, -0.15) is 0 Å². The zero-order valence-corrected chi connectivity index (χ0v) is 14.0. The zero-order valence-electron chi connectivity index (χ0n) is 13.2. The maximum Gasteiger partial charge on any atom is 0.241 e. The number of hydrogen-bond donors (Lipinski definition) is 1. The molecule has 1 aliphatic heterocycles. The van der Waals surface area contributed by atoms with Gasteiger partial charge < -0.3 is 9.64 Å². The summed E-state index contributed by atoms with van der Waals surface area (Å²) in [4.78, 5) is 16.9. The van der Waals surface area contributed by atoms with E-state index in [0.717, 1.165) is 25.9 Å². The van der Waals surface area contributed by atoms with Gasteiger partial charge in [0.05, 0.1) is 12.6 Å². The van der Waals surface area contributed by atoms with E-state index in [2.05, 4.69) is 31.3 Å². The molecule has 118 valence electrons. The summed E-state index contributed by atoms with van der Waals surface area (Å²) in [6.45, 7) is 8.36. The first-order valence-electron chi connectivity index (χ1n) is 7.88. The Morgan fingerprint density at radius 3 is 2.76 bits per heavy atom. The summed E-state index contributed by atoms with van der Waals surface area (Å²) < 4.78 is 5.62. The van der Waals surface area contributed by atoms with Gasteiger partial charge in [-0.1, -0.05) is 20.3 Å². The highest BCUT2D eigenvalue weighted by Gasteiger charge is 2.38. The lowest BCUT2D eigenvalue weighted by Crippen LogP contribution is -2.33. The molecule has 1 amide bonds. The molecular weight excluding hydrogens is 284 g/mol. The molecule has 5 heteroatoms. The molecule has 0 aliphatic carbocycles. The van der Waals surface area contributed by atoms with Crippen LogP contribution < -0.4 is 5.32 Å². The van der Waals surface area contributed by atoms with Gasteiger partial charge in [0.1, 0.15) is 6.17 Å². The maximum atomic E-state index is 12.5. The smallest absolute Gasteiger partial charge is 0.241 e. The van der Waals surface area contributed by atoms with Crippen LogP contribution in [0.5, 0.6) is 0 Å². The normalized spacial score (nSPS) is 22.2. The Morgan fingerprint density at radius 2 is 2.14 bits per heavy atom. The third-order valence-corrected chi connectivity index (χ3v) is 4.86. The fourth-order valence-corrected chi connectivity index (χ4v) is 3.51. The van der Waals surface area contributed by atoms with Crippen molar-refractivity contribution in [3.63, 3.8) is 0 Å². The second kappa shape index (κ2) is 7.92. The molecule has 0 bridgehead atoms. The molecule has 1 saturated heterocycles. The van der Waals surface area contributed by atoms with E-state index < -0.39 is 0 Å². The van der Waals surface area contributed by atoms with Gasteiger partial charge in [-0.15, -0.1) is 11.3 Å². The molecule has 0 saturated carbocycles. The molecule has 4 nitrogen and oxygen atoms in total. The van der Waals surface area contributed by atoms with Crippen LogP contribution in [-0.2, 0) is 9.53 Å². The van der Waals surface area contributed by atoms with Crippen LogP contribution in [0.15, 0.2) is 12.1 Å². The number of hydrogen-bond acceptors (Lipinski definition) is 4. The SMILES string of the molecule is CCCCOCCN1C(=O)C(CC)NC1c1ccc(C)s1. The van der Waals surface area contributed by atoms with E-state index in [1.165, 1.54) is 9.75 Å². The average Bonchev–Trinajstić information content (AvgIpc) is 3.03. The third kappa shape index (κ3) is 4.05. The predicted octanol–water partition coefficient (Wildman–Crippen LogP) is 3.08. The summed E-state index contributed by atoms with van der Waals surface area (Å²) in [6, 6.07) is 4.17. The highest BCUT2D eigenvalue weighted by atomic mass is 32.1. The van der Waals surface area contributed by atoms with E-state index in [0.29, 0.717) is 13.2 Å². The topological polar surface area (TPSA) is 41.6 Å². The minimum atomic E-state index is -0.0620. The summed E-state index contributed by atoms with van der Waals surface area (Å²) in [7, 11) is 0. The Hall–Kier alpha value is -0.910. The van der Waals surface area contributed by atoms with Crippen molar-refractivity contribution in [2.24, 2.45) is 0 Å². The number of unbranched alkanes of at least 4 members (excludes halogenated alkanes) is 1. The van der Waals surface area contributed by atoms with Crippen LogP contribution in [0.4, 0.5) is 0 Å². The molecule has 2 heterocycles. The number of carbonyl (C=O) groups is 1. The Balaban J connectivity index is 1.98. The number of carbonyl (C=O) groups excluding carboxylic acids is 1. The van der Waals surface area contributed by atoms with Crippen LogP contribution in [0.1, 0.15) is 49.0 Å². The van der Waals surface area contributed by atoms with Crippen molar-refractivity contribution in [1.82, 2.24) is 10.2 Å². The van der Waals surface area contributed by atoms with Crippen molar-refractivity contribution < 1.29 is 9.53 Å². The standard InChI is InChI=1S/C16H26N2O2S/c1-4-6-10-20-11-9-18-15(14-8-7-12(3)21-14)17-13(5-2)16(18)19/h7-8,13,15,17H,4-6,9-11H2,1-3H3. The van der Waals surface area contributed by atoms with Gasteiger partial charge >= 0.3 is 0 Å². The minimum absolute atomic E-state index is 0.0101. The first kappa shape index (κ1) is 16.5. The lowest BCUT2D eigenvalue weighted by Gasteiger charge is -2.23. The van der Waals surface area contributed by atoms with Gasteiger partial charge in [-0.3, -0.25) is 10.1 Å². The Labute approximate surface area is 131 Å². The summed E-state index contributed by atoms with van der Waals surface area (Å²) in [6.07, 6.45) is 3.06. The number of nitrogens with one attached hydrogen (secondary N) is 1. The maximum absolute atomic E-state index is 12.5. The molecule has 0 aromatic carbocycles. The average molecular weight is 310 g/mol. The fourth-order valence-electron chi connectivity index (χ4n) is 2.56. The summed E-state index contributed by atoms with van der Waals surface area (Å²) in [5.41, 5.74) is 0. The number of nitrogens with zero attached hydrogens (tertiary/aromatic N) is 1. The monoisotopic (exact) mass is 310 g/mol. The van der Waals surface area contributed by atoms with E-state index in [4.69, 9.17) is 4.74 Å². The van der Waals surface area contributed by atoms with Crippen LogP contribution >= 0.6 is 11.3 Å². The first-order valence-corrected chi connectivity index (χ1v) is 8.69. The van der Waals surface area contributed by atoms with Crippen LogP contribution in [0.25, 0.3) is 0 Å². The van der Waals surface area contributed by atoms with Crippen molar-refractivity contribution in [1.29, 1.82) is 0 Å². The van der Waals surface area contributed by atoms with Gasteiger partial charge in [0.15, 0.2) is 0 Å².